The first kappa shape index (κ1) is 14.2. The Hall–Kier alpha value is -2.21. The lowest BCUT2D eigenvalue weighted by atomic mass is 10.1. The average molecular weight is 274 g/mol. The highest BCUT2D eigenvalue weighted by Gasteiger charge is 2.35. The number of nitrogens with one attached hydrogen (secondary N) is 2. The van der Waals surface area contributed by atoms with Gasteiger partial charge < -0.3 is 10.6 Å². The molecule has 0 aromatic heterocycles. The van der Waals surface area contributed by atoms with Gasteiger partial charge in [-0.1, -0.05) is 25.1 Å². The fourth-order valence-electron chi connectivity index (χ4n) is 2.00. The molecule has 0 aliphatic carbocycles. The fourth-order valence-corrected chi connectivity index (χ4v) is 2.00. The second-order valence-corrected chi connectivity index (χ2v) is 4.46. The molecule has 1 aliphatic heterocycles. The normalized spacial score (nSPS) is 21.9. The van der Waals surface area contributed by atoms with Crippen LogP contribution >= 0.6 is 0 Å². The van der Waals surface area contributed by atoms with Gasteiger partial charge in [0.1, 0.15) is 6.04 Å². The van der Waals surface area contributed by atoms with Crippen LogP contribution in [0.15, 0.2) is 35.4 Å². The summed E-state index contributed by atoms with van der Waals surface area (Å²) in [5.41, 5.74) is 0.680. The SMILES string of the molecule is CCC(=O)NC1C(=O)N(c2ccccc2)N=CC1NC. The predicted octanol–water partition coefficient (Wildman–Crippen LogP) is 0.502. The summed E-state index contributed by atoms with van der Waals surface area (Å²) in [6, 6.07) is 8.18. The lowest BCUT2D eigenvalue weighted by Crippen LogP contribution is -2.60. The van der Waals surface area contributed by atoms with E-state index in [0.717, 1.165) is 0 Å². The van der Waals surface area contributed by atoms with E-state index >= 15 is 0 Å². The Kier molecular flexibility index (Phi) is 4.47. The minimum absolute atomic E-state index is 0.160. The zero-order chi connectivity index (χ0) is 14.5. The highest BCUT2D eigenvalue weighted by atomic mass is 16.2. The molecule has 0 saturated carbocycles. The molecular formula is C14H18N4O2. The summed E-state index contributed by atoms with van der Waals surface area (Å²) >= 11 is 0. The van der Waals surface area contributed by atoms with E-state index in [1.165, 1.54) is 5.01 Å². The van der Waals surface area contributed by atoms with Crippen LogP contribution < -0.4 is 15.6 Å². The van der Waals surface area contributed by atoms with Crippen molar-refractivity contribution < 1.29 is 9.59 Å². The Labute approximate surface area is 117 Å². The van der Waals surface area contributed by atoms with E-state index in [-0.39, 0.29) is 17.9 Å². The van der Waals surface area contributed by atoms with E-state index in [9.17, 15) is 9.59 Å². The third-order valence-electron chi connectivity index (χ3n) is 3.15. The standard InChI is InChI=1S/C14H18N4O2/c1-3-12(19)17-13-11(15-2)9-16-18(14(13)20)10-7-5-4-6-8-10/h4-9,11,13,15H,3H2,1-2H3,(H,17,19). The Balaban J connectivity index is 2.26. The highest BCUT2D eigenvalue weighted by molar-refractivity contribution is 6.04. The van der Waals surface area contributed by atoms with Gasteiger partial charge in [0.05, 0.1) is 11.7 Å². The quantitative estimate of drug-likeness (QED) is 0.839. The molecule has 0 saturated heterocycles. The first-order valence-electron chi connectivity index (χ1n) is 6.57. The van der Waals surface area contributed by atoms with Crippen molar-refractivity contribution in [1.82, 2.24) is 10.6 Å². The number of likely N-dealkylation sites (N-methyl/N-ethyl adjacent to an activating group) is 1. The molecule has 2 unspecified atom stereocenters. The van der Waals surface area contributed by atoms with Crippen LogP contribution in [-0.2, 0) is 9.59 Å². The number of carbonyl (C=O) groups excluding carboxylic acids is 2. The topological polar surface area (TPSA) is 73.8 Å². The molecule has 2 amide bonds. The van der Waals surface area contributed by atoms with Crippen molar-refractivity contribution in [2.45, 2.75) is 25.4 Å². The Morgan fingerprint density at radius 2 is 2.05 bits per heavy atom. The molecule has 2 atom stereocenters. The van der Waals surface area contributed by atoms with Gasteiger partial charge >= 0.3 is 0 Å². The van der Waals surface area contributed by atoms with Gasteiger partial charge in [-0.05, 0) is 19.2 Å². The molecule has 0 spiro atoms. The molecule has 0 bridgehead atoms. The third-order valence-corrected chi connectivity index (χ3v) is 3.15. The van der Waals surface area contributed by atoms with Crippen LogP contribution in [0.1, 0.15) is 13.3 Å². The first-order chi connectivity index (χ1) is 9.67. The van der Waals surface area contributed by atoms with E-state index < -0.39 is 6.04 Å². The lowest BCUT2D eigenvalue weighted by Gasteiger charge is -2.32. The maximum Gasteiger partial charge on any atom is 0.271 e. The van der Waals surface area contributed by atoms with Crippen molar-refractivity contribution in [3.05, 3.63) is 30.3 Å². The Morgan fingerprint density at radius 1 is 1.35 bits per heavy atom. The zero-order valence-corrected chi connectivity index (χ0v) is 11.5. The summed E-state index contributed by atoms with van der Waals surface area (Å²) in [6.45, 7) is 1.75. The summed E-state index contributed by atoms with van der Waals surface area (Å²) in [6.07, 6.45) is 1.97. The summed E-state index contributed by atoms with van der Waals surface area (Å²) < 4.78 is 0. The first-order valence-corrected chi connectivity index (χ1v) is 6.57. The number of anilines is 1. The van der Waals surface area contributed by atoms with Crippen molar-refractivity contribution in [3.63, 3.8) is 0 Å². The molecule has 0 fully saturated rings. The summed E-state index contributed by atoms with van der Waals surface area (Å²) in [7, 11) is 1.73. The van der Waals surface area contributed by atoms with Crippen molar-refractivity contribution in [2.75, 3.05) is 12.1 Å². The minimum atomic E-state index is -0.648. The number of para-hydroxylation sites is 1. The van der Waals surface area contributed by atoms with Crippen molar-refractivity contribution >= 4 is 23.7 Å². The van der Waals surface area contributed by atoms with E-state index in [2.05, 4.69) is 15.7 Å². The zero-order valence-electron chi connectivity index (χ0n) is 11.5. The van der Waals surface area contributed by atoms with Crippen LogP contribution in [0, 0.1) is 0 Å². The van der Waals surface area contributed by atoms with Gasteiger partial charge in [-0.2, -0.15) is 10.1 Å². The Bertz CT molecular complexity index is 515. The molecule has 1 aromatic rings. The molecule has 6 nitrogen and oxygen atoms in total. The van der Waals surface area contributed by atoms with Gasteiger partial charge in [0, 0.05) is 12.6 Å². The summed E-state index contributed by atoms with van der Waals surface area (Å²) in [4.78, 5) is 24.1. The van der Waals surface area contributed by atoms with Crippen LogP contribution in [0.4, 0.5) is 5.69 Å². The van der Waals surface area contributed by atoms with E-state index in [1.54, 1.807) is 32.3 Å². The van der Waals surface area contributed by atoms with Gasteiger partial charge in [-0.3, -0.25) is 9.59 Å². The smallest absolute Gasteiger partial charge is 0.271 e. The van der Waals surface area contributed by atoms with Gasteiger partial charge in [0.25, 0.3) is 5.91 Å². The van der Waals surface area contributed by atoms with Gasteiger partial charge in [0.2, 0.25) is 5.91 Å². The number of carbonyl (C=O) groups is 2. The predicted molar refractivity (Wildman–Crippen MR) is 77.5 cm³/mol. The molecule has 1 aromatic carbocycles. The number of hydrogen-bond acceptors (Lipinski definition) is 4. The minimum Gasteiger partial charge on any atom is -0.343 e. The number of nitrogens with zero attached hydrogens (tertiary/aromatic N) is 2. The van der Waals surface area contributed by atoms with Gasteiger partial charge in [-0.15, -0.1) is 0 Å². The molecule has 2 rings (SSSR count). The average Bonchev–Trinajstić information content (AvgIpc) is 2.49. The van der Waals surface area contributed by atoms with Crippen molar-refractivity contribution in [2.24, 2.45) is 5.10 Å². The van der Waals surface area contributed by atoms with E-state index in [0.29, 0.717) is 12.1 Å². The van der Waals surface area contributed by atoms with Crippen LogP contribution in [0.2, 0.25) is 0 Å². The molecule has 1 aliphatic rings. The molecule has 20 heavy (non-hydrogen) atoms. The maximum absolute atomic E-state index is 12.5. The lowest BCUT2D eigenvalue weighted by molar-refractivity contribution is -0.127. The van der Waals surface area contributed by atoms with Crippen molar-refractivity contribution in [1.29, 1.82) is 0 Å². The number of benzene rings is 1. The number of rotatable bonds is 4. The number of amides is 2. The Morgan fingerprint density at radius 3 is 2.65 bits per heavy atom. The number of hydrogen-bond donors (Lipinski definition) is 2. The van der Waals surface area contributed by atoms with Gasteiger partial charge in [-0.25, -0.2) is 0 Å². The van der Waals surface area contributed by atoms with E-state index in [1.807, 2.05) is 18.2 Å². The second kappa shape index (κ2) is 6.29. The number of hydrazone groups is 1. The highest BCUT2D eigenvalue weighted by Crippen LogP contribution is 2.18. The molecular weight excluding hydrogens is 256 g/mol. The summed E-state index contributed by atoms with van der Waals surface area (Å²) in [5.74, 6) is -0.410. The van der Waals surface area contributed by atoms with Crippen LogP contribution in [0.3, 0.4) is 0 Å². The molecule has 106 valence electrons. The van der Waals surface area contributed by atoms with E-state index in [4.69, 9.17) is 0 Å². The molecule has 6 heteroatoms. The van der Waals surface area contributed by atoms with Gasteiger partial charge in [0.15, 0.2) is 0 Å². The van der Waals surface area contributed by atoms with Crippen LogP contribution in [0.25, 0.3) is 0 Å². The largest absolute Gasteiger partial charge is 0.343 e. The maximum atomic E-state index is 12.5. The third kappa shape index (κ3) is 2.85. The van der Waals surface area contributed by atoms with Crippen LogP contribution in [-0.4, -0.2) is 37.2 Å². The fraction of sp³-hybridized carbons (Fsp3) is 0.357. The molecule has 0 radical (unpaired) electrons. The molecule has 1 heterocycles. The second-order valence-electron chi connectivity index (χ2n) is 4.46. The van der Waals surface area contributed by atoms with Crippen LogP contribution in [0.5, 0.6) is 0 Å². The molecule has 2 N–H and O–H groups in total. The summed E-state index contributed by atoms with van der Waals surface area (Å²) in [5, 5.41) is 11.2. The monoisotopic (exact) mass is 274 g/mol. The van der Waals surface area contributed by atoms with Crippen molar-refractivity contribution in [3.8, 4) is 0 Å².